The van der Waals surface area contributed by atoms with Crippen LogP contribution in [0.5, 0.6) is 0 Å². The number of aliphatic carboxylic acids is 1. The Hall–Kier alpha value is -3.13. The van der Waals surface area contributed by atoms with Crippen LogP contribution in [-0.4, -0.2) is 48.9 Å². The molecular weight excluding hydrogens is 342 g/mol. The zero-order valence-electron chi connectivity index (χ0n) is 14.5. The van der Waals surface area contributed by atoms with E-state index in [1.807, 2.05) is 0 Å². The highest BCUT2D eigenvalue weighted by Gasteiger charge is 2.39. The van der Waals surface area contributed by atoms with Crippen molar-refractivity contribution in [3.05, 3.63) is 57.9 Å². The van der Waals surface area contributed by atoms with Gasteiger partial charge < -0.3 is 25.0 Å². The summed E-state index contributed by atoms with van der Waals surface area (Å²) in [5.74, 6) is -3.86. The predicted molar refractivity (Wildman–Crippen MR) is 90.1 cm³/mol. The normalized spacial score (nSPS) is 16.8. The molecular formula is C18H19NO7. The molecule has 0 spiro atoms. The molecule has 0 amide bonds. The number of esters is 2. The maximum absolute atomic E-state index is 12.4. The van der Waals surface area contributed by atoms with Crippen molar-refractivity contribution in [1.29, 1.82) is 0 Å². The molecule has 8 nitrogen and oxygen atoms in total. The maximum Gasteiger partial charge on any atom is 0.338 e. The van der Waals surface area contributed by atoms with Gasteiger partial charge in [-0.2, -0.15) is 0 Å². The number of benzene rings is 1. The van der Waals surface area contributed by atoms with Gasteiger partial charge in [-0.15, -0.1) is 0 Å². The number of methoxy groups -OCH3 is 2. The summed E-state index contributed by atoms with van der Waals surface area (Å²) < 4.78 is 9.55. The van der Waals surface area contributed by atoms with Crippen LogP contribution in [0.2, 0.25) is 0 Å². The van der Waals surface area contributed by atoms with Gasteiger partial charge in [0.25, 0.3) is 0 Å². The molecule has 1 atom stereocenters. The Morgan fingerprint density at radius 2 is 1.69 bits per heavy atom. The Bertz CT molecular complexity index is 823. The van der Waals surface area contributed by atoms with Crippen LogP contribution in [-0.2, 0) is 19.1 Å². The second kappa shape index (κ2) is 7.83. The molecule has 0 aliphatic carbocycles. The summed E-state index contributed by atoms with van der Waals surface area (Å²) in [7, 11) is 2.36. The number of hydrogen-bond donors (Lipinski definition) is 3. The Morgan fingerprint density at radius 1 is 1.08 bits per heavy atom. The number of nitrogens with one attached hydrogen (secondary N) is 1. The molecule has 0 saturated carbocycles. The van der Waals surface area contributed by atoms with Crippen molar-refractivity contribution in [2.45, 2.75) is 12.8 Å². The van der Waals surface area contributed by atoms with Crippen LogP contribution in [0, 0.1) is 0 Å². The van der Waals surface area contributed by atoms with Crippen molar-refractivity contribution in [2.24, 2.45) is 0 Å². The van der Waals surface area contributed by atoms with Crippen LogP contribution in [0.3, 0.4) is 0 Å². The molecule has 26 heavy (non-hydrogen) atoms. The highest BCUT2D eigenvalue weighted by molar-refractivity contribution is 6.01. The van der Waals surface area contributed by atoms with Gasteiger partial charge in [-0.3, -0.25) is 0 Å². The molecule has 1 aromatic carbocycles. The van der Waals surface area contributed by atoms with Gasteiger partial charge in [-0.05, 0) is 18.6 Å². The lowest BCUT2D eigenvalue weighted by Gasteiger charge is -2.30. The fraction of sp³-hybridized carbons (Fsp3) is 0.278. The minimum absolute atomic E-state index is 0.0747. The summed E-state index contributed by atoms with van der Waals surface area (Å²) in [5.41, 5.74) is 0.548. The third-order valence-electron chi connectivity index (χ3n) is 4.12. The molecule has 0 fully saturated rings. The highest BCUT2D eigenvalue weighted by atomic mass is 16.5. The van der Waals surface area contributed by atoms with Gasteiger partial charge in [0.05, 0.1) is 49.2 Å². The first-order valence-corrected chi connectivity index (χ1v) is 7.67. The number of carboxylic acids is 1. The third-order valence-corrected chi connectivity index (χ3v) is 4.12. The minimum Gasteiger partial charge on any atom is -0.478 e. The summed E-state index contributed by atoms with van der Waals surface area (Å²) in [5, 5.41) is 22.1. The zero-order valence-corrected chi connectivity index (χ0v) is 14.5. The zero-order chi connectivity index (χ0) is 19.4. The van der Waals surface area contributed by atoms with Crippen molar-refractivity contribution < 1.29 is 34.1 Å². The van der Waals surface area contributed by atoms with Gasteiger partial charge in [0.15, 0.2) is 0 Å². The number of aliphatic hydroxyl groups excluding tert-OH is 1. The molecule has 138 valence electrons. The molecule has 0 saturated heterocycles. The highest BCUT2D eigenvalue weighted by Crippen LogP contribution is 2.40. The van der Waals surface area contributed by atoms with Crippen molar-refractivity contribution in [3.63, 3.8) is 0 Å². The molecule has 1 aromatic rings. The summed E-state index contributed by atoms with van der Waals surface area (Å²) >= 11 is 0. The number of rotatable bonds is 5. The molecule has 1 aliphatic rings. The first-order valence-electron chi connectivity index (χ1n) is 7.67. The van der Waals surface area contributed by atoms with Gasteiger partial charge in [0, 0.05) is 5.70 Å². The van der Waals surface area contributed by atoms with Crippen LogP contribution in [0.15, 0.2) is 46.8 Å². The number of aliphatic hydroxyl groups is 1. The van der Waals surface area contributed by atoms with Crippen LogP contribution in [0.1, 0.15) is 28.8 Å². The quantitative estimate of drug-likeness (QED) is 0.662. The van der Waals surface area contributed by atoms with Crippen molar-refractivity contribution in [3.8, 4) is 0 Å². The SMILES string of the molecule is COC(=O)C1=C(CO)NC(C)=C(C(=O)O)C1c1ccccc1C(=O)OC. The molecule has 1 unspecified atom stereocenters. The van der Waals surface area contributed by atoms with E-state index in [1.165, 1.54) is 26.2 Å². The van der Waals surface area contributed by atoms with E-state index in [0.717, 1.165) is 7.11 Å². The minimum atomic E-state index is -1.27. The van der Waals surface area contributed by atoms with E-state index in [-0.39, 0.29) is 33.7 Å². The lowest BCUT2D eigenvalue weighted by molar-refractivity contribution is -0.136. The van der Waals surface area contributed by atoms with E-state index < -0.39 is 30.4 Å². The van der Waals surface area contributed by atoms with Crippen LogP contribution in [0.25, 0.3) is 0 Å². The van der Waals surface area contributed by atoms with Crippen LogP contribution in [0.4, 0.5) is 0 Å². The van der Waals surface area contributed by atoms with Gasteiger partial charge in [-0.1, -0.05) is 18.2 Å². The second-order valence-electron chi connectivity index (χ2n) is 5.52. The fourth-order valence-electron chi connectivity index (χ4n) is 3.01. The number of carbonyl (C=O) groups is 3. The molecule has 0 bridgehead atoms. The average Bonchev–Trinajstić information content (AvgIpc) is 2.65. The third kappa shape index (κ3) is 3.31. The van der Waals surface area contributed by atoms with E-state index in [4.69, 9.17) is 9.47 Å². The summed E-state index contributed by atoms with van der Waals surface area (Å²) in [6.45, 7) is 0.979. The topological polar surface area (TPSA) is 122 Å². The molecule has 3 N–H and O–H groups in total. The summed E-state index contributed by atoms with van der Waals surface area (Å²) in [6.07, 6.45) is 0. The molecule has 0 aromatic heterocycles. The van der Waals surface area contributed by atoms with E-state index in [1.54, 1.807) is 12.1 Å². The maximum atomic E-state index is 12.4. The van der Waals surface area contributed by atoms with E-state index in [2.05, 4.69) is 5.32 Å². The number of carbonyl (C=O) groups excluding carboxylic acids is 2. The number of hydrogen-bond acceptors (Lipinski definition) is 7. The van der Waals surface area contributed by atoms with Crippen molar-refractivity contribution >= 4 is 17.9 Å². The molecule has 2 rings (SSSR count). The Kier molecular flexibility index (Phi) is 5.78. The van der Waals surface area contributed by atoms with Crippen molar-refractivity contribution in [2.75, 3.05) is 20.8 Å². The Balaban J connectivity index is 2.83. The number of allylic oxidation sites excluding steroid dienone is 1. The standard InChI is InChI=1S/C18H19NO7/c1-9-13(16(21)22)14(15(18(24)26-3)12(8-20)19-9)10-6-4-5-7-11(10)17(23)25-2/h4-7,14,19-20H,8H2,1-3H3,(H,21,22). The van der Waals surface area contributed by atoms with Crippen molar-refractivity contribution in [1.82, 2.24) is 5.32 Å². The fourth-order valence-corrected chi connectivity index (χ4v) is 3.01. The Morgan fingerprint density at radius 3 is 2.23 bits per heavy atom. The van der Waals surface area contributed by atoms with Crippen LogP contribution >= 0.6 is 0 Å². The van der Waals surface area contributed by atoms with E-state index in [9.17, 15) is 24.6 Å². The van der Waals surface area contributed by atoms with E-state index in [0.29, 0.717) is 0 Å². The van der Waals surface area contributed by atoms with Crippen LogP contribution < -0.4 is 5.32 Å². The summed E-state index contributed by atoms with van der Waals surface area (Å²) in [6, 6.07) is 6.23. The lowest BCUT2D eigenvalue weighted by Crippen LogP contribution is -2.34. The molecule has 1 aliphatic heterocycles. The molecule has 0 radical (unpaired) electrons. The first kappa shape index (κ1) is 19.2. The Labute approximate surface area is 149 Å². The monoisotopic (exact) mass is 361 g/mol. The van der Waals surface area contributed by atoms with Gasteiger partial charge >= 0.3 is 17.9 Å². The van der Waals surface area contributed by atoms with Gasteiger partial charge in [-0.25, -0.2) is 14.4 Å². The number of ether oxygens (including phenoxy) is 2. The summed E-state index contributed by atoms with van der Waals surface area (Å²) in [4.78, 5) is 36.4. The second-order valence-corrected chi connectivity index (χ2v) is 5.52. The molecule has 8 heteroatoms. The number of carboxylic acid groups (broad SMARTS) is 1. The lowest BCUT2D eigenvalue weighted by atomic mass is 9.78. The molecule has 1 heterocycles. The number of dihydropyridines is 1. The first-order chi connectivity index (χ1) is 12.4. The van der Waals surface area contributed by atoms with E-state index >= 15 is 0 Å². The van der Waals surface area contributed by atoms with Gasteiger partial charge in [0.1, 0.15) is 0 Å². The largest absolute Gasteiger partial charge is 0.478 e. The predicted octanol–water partition coefficient (Wildman–Crippen LogP) is 0.938. The van der Waals surface area contributed by atoms with Gasteiger partial charge in [0.2, 0.25) is 0 Å². The average molecular weight is 361 g/mol. The smallest absolute Gasteiger partial charge is 0.338 e.